The predicted octanol–water partition coefficient (Wildman–Crippen LogP) is 2.96. The fourth-order valence-corrected chi connectivity index (χ4v) is 2.41. The molecular formula is C14H20N2O2. The van der Waals surface area contributed by atoms with Crippen molar-refractivity contribution in [3.8, 4) is 0 Å². The van der Waals surface area contributed by atoms with Gasteiger partial charge in [-0.3, -0.25) is 0 Å². The van der Waals surface area contributed by atoms with Gasteiger partial charge < -0.3 is 16.2 Å². The largest absolute Gasteiger partial charge is 0.478 e. The van der Waals surface area contributed by atoms with E-state index in [-0.39, 0.29) is 5.56 Å². The summed E-state index contributed by atoms with van der Waals surface area (Å²) in [5.74, 6) is -0.981. The quantitative estimate of drug-likeness (QED) is 0.676. The lowest BCUT2D eigenvalue weighted by Gasteiger charge is -2.17. The van der Waals surface area contributed by atoms with Gasteiger partial charge in [-0.25, -0.2) is 4.79 Å². The highest BCUT2D eigenvalue weighted by atomic mass is 16.4. The molecule has 0 aromatic heterocycles. The Morgan fingerprint density at radius 1 is 1.50 bits per heavy atom. The second-order valence-electron chi connectivity index (χ2n) is 5.18. The maximum atomic E-state index is 11.0. The molecule has 4 nitrogen and oxygen atoms in total. The molecule has 1 aliphatic rings. The van der Waals surface area contributed by atoms with Gasteiger partial charge in [0.2, 0.25) is 0 Å². The first-order chi connectivity index (χ1) is 8.58. The third-order valence-corrected chi connectivity index (χ3v) is 3.73. The lowest BCUT2D eigenvalue weighted by Crippen LogP contribution is -2.16. The molecule has 0 heterocycles. The fraction of sp³-hybridized carbons (Fsp3) is 0.500. The number of carboxylic acid groups (broad SMARTS) is 1. The van der Waals surface area contributed by atoms with E-state index in [0.717, 1.165) is 12.2 Å². The first kappa shape index (κ1) is 12.7. The number of carboxylic acids is 1. The monoisotopic (exact) mass is 248 g/mol. The molecule has 0 atom stereocenters. The van der Waals surface area contributed by atoms with Gasteiger partial charge in [0.15, 0.2) is 0 Å². The van der Waals surface area contributed by atoms with Crippen molar-refractivity contribution in [2.75, 3.05) is 17.6 Å². The number of carbonyl (C=O) groups is 1. The molecule has 1 fully saturated rings. The number of nitrogens with two attached hydrogens (primary N) is 1. The summed E-state index contributed by atoms with van der Waals surface area (Å²) in [5, 5.41) is 12.3. The van der Waals surface area contributed by atoms with Crippen molar-refractivity contribution in [2.45, 2.75) is 32.6 Å². The van der Waals surface area contributed by atoms with Crippen molar-refractivity contribution in [2.24, 2.45) is 5.41 Å². The summed E-state index contributed by atoms with van der Waals surface area (Å²) in [4.78, 5) is 11.0. The van der Waals surface area contributed by atoms with Crippen molar-refractivity contribution in [3.63, 3.8) is 0 Å². The van der Waals surface area contributed by atoms with Crippen molar-refractivity contribution in [1.29, 1.82) is 0 Å². The molecule has 0 radical (unpaired) electrons. The van der Waals surface area contributed by atoms with Gasteiger partial charge in [-0.2, -0.15) is 0 Å². The van der Waals surface area contributed by atoms with E-state index in [1.54, 1.807) is 6.07 Å². The number of benzene rings is 1. The van der Waals surface area contributed by atoms with Crippen molar-refractivity contribution in [1.82, 2.24) is 0 Å². The first-order valence-electron chi connectivity index (χ1n) is 6.44. The van der Waals surface area contributed by atoms with Gasteiger partial charge in [-0.05, 0) is 36.8 Å². The minimum Gasteiger partial charge on any atom is -0.478 e. The summed E-state index contributed by atoms with van der Waals surface area (Å²) in [6.45, 7) is 3.08. The molecular weight excluding hydrogens is 228 g/mol. The minimum atomic E-state index is -0.981. The molecule has 1 saturated carbocycles. The molecule has 1 aromatic rings. The zero-order valence-electron chi connectivity index (χ0n) is 10.7. The van der Waals surface area contributed by atoms with Gasteiger partial charge in [-0.1, -0.05) is 19.4 Å². The summed E-state index contributed by atoms with van der Waals surface area (Å²) in [6.07, 6.45) is 4.92. The van der Waals surface area contributed by atoms with Crippen LogP contribution in [-0.2, 0) is 0 Å². The lowest BCUT2D eigenvalue weighted by molar-refractivity contribution is 0.0698. The van der Waals surface area contributed by atoms with E-state index in [2.05, 4.69) is 12.2 Å². The van der Waals surface area contributed by atoms with Gasteiger partial charge in [0.05, 0.1) is 16.9 Å². The summed E-state index contributed by atoms with van der Waals surface area (Å²) in [7, 11) is 0. The van der Waals surface area contributed by atoms with E-state index >= 15 is 0 Å². The van der Waals surface area contributed by atoms with Gasteiger partial charge in [0.1, 0.15) is 0 Å². The van der Waals surface area contributed by atoms with Gasteiger partial charge in [0, 0.05) is 6.54 Å². The van der Waals surface area contributed by atoms with Crippen LogP contribution in [0.2, 0.25) is 0 Å². The molecule has 1 aromatic carbocycles. The molecule has 4 N–H and O–H groups in total. The maximum Gasteiger partial charge on any atom is 0.337 e. The summed E-state index contributed by atoms with van der Waals surface area (Å²) >= 11 is 0. The molecule has 0 spiro atoms. The smallest absolute Gasteiger partial charge is 0.337 e. The van der Waals surface area contributed by atoms with Crippen LogP contribution in [0.25, 0.3) is 0 Å². The van der Waals surface area contributed by atoms with Crippen LogP contribution in [0.4, 0.5) is 11.4 Å². The molecule has 0 unspecified atom stereocenters. The Morgan fingerprint density at radius 3 is 2.78 bits per heavy atom. The molecule has 4 heteroatoms. The Morgan fingerprint density at radius 2 is 2.22 bits per heavy atom. The Bertz CT molecular complexity index is 453. The van der Waals surface area contributed by atoms with Gasteiger partial charge >= 0.3 is 5.97 Å². The maximum absolute atomic E-state index is 11.0. The van der Waals surface area contributed by atoms with Crippen LogP contribution in [0, 0.1) is 5.41 Å². The zero-order chi connectivity index (χ0) is 13.2. The average Bonchev–Trinajstić information content (AvgIpc) is 3.08. The number of nitrogens with one attached hydrogen (secondary N) is 1. The number of hydrogen-bond donors (Lipinski definition) is 3. The predicted molar refractivity (Wildman–Crippen MR) is 72.9 cm³/mol. The highest BCUT2D eigenvalue weighted by Gasteiger charge is 2.41. The summed E-state index contributed by atoms with van der Waals surface area (Å²) in [6, 6.07) is 5.09. The number of para-hydroxylation sites is 1. The summed E-state index contributed by atoms with van der Waals surface area (Å²) < 4.78 is 0. The van der Waals surface area contributed by atoms with E-state index in [0.29, 0.717) is 11.1 Å². The third-order valence-electron chi connectivity index (χ3n) is 3.73. The van der Waals surface area contributed by atoms with Crippen LogP contribution in [0.3, 0.4) is 0 Å². The van der Waals surface area contributed by atoms with Gasteiger partial charge in [0.25, 0.3) is 0 Å². The average molecular weight is 248 g/mol. The van der Waals surface area contributed by atoms with Crippen molar-refractivity contribution >= 4 is 17.3 Å². The molecule has 2 rings (SSSR count). The van der Waals surface area contributed by atoms with Crippen molar-refractivity contribution in [3.05, 3.63) is 23.8 Å². The molecule has 0 amide bonds. The van der Waals surface area contributed by atoms with E-state index in [4.69, 9.17) is 10.8 Å². The molecule has 0 aliphatic heterocycles. The van der Waals surface area contributed by atoms with Crippen LogP contribution in [0.15, 0.2) is 18.2 Å². The van der Waals surface area contributed by atoms with E-state index in [1.807, 2.05) is 6.07 Å². The normalized spacial score (nSPS) is 16.3. The molecule has 18 heavy (non-hydrogen) atoms. The highest BCUT2D eigenvalue weighted by Crippen LogP contribution is 2.49. The number of hydrogen-bond acceptors (Lipinski definition) is 3. The van der Waals surface area contributed by atoms with Crippen LogP contribution in [0.1, 0.15) is 43.0 Å². The van der Waals surface area contributed by atoms with Crippen LogP contribution < -0.4 is 11.1 Å². The number of anilines is 2. The number of nitrogen functional groups attached to an aromatic ring is 1. The molecule has 0 saturated heterocycles. The summed E-state index contributed by atoms with van der Waals surface area (Å²) in [5.41, 5.74) is 7.51. The standard InChI is InChI=1S/C14H20N2O2/c1-2-6-14(7-8-14)9-16-11-5-3-4-10(12(11)15)13(17)18/h3-5,16H,2,6-9,15H2,1H3,(H,17,18). The second-order valence-corrected chi connectivity index (χ2v) is 5.18. The van der Waals surface area contributed by atoms with E-state index in [9.17, 15) is 4.79 Å². The van der Waals surface area contributed by atoms with E-state index < -0.39 is 5.97 Å². The molecule has 1 aliphatic carbocycles. The SMILES string of the molecule is CCCC1(CNc2cccc(C(=O)O)c2N)CC1. The highest BCUT2D eigenvalue weighted by molar-refractivity contribution is 5.97. The number of aromatic carboxylic acids is 1. The van der Waals surface area contributed by atoms with Crippen LogP contribution in [0.5, 0.6) is 0 Å². The van der Waals surface area contributed by atoms with Gasteiger partial charge in [-0.15, -0.1) is 0 Å². The van der Waals surface area contributed by atoms with E-state index in [1.165, 1.54) is 31.7 Å². The Labute approximate surface area is 107 Å². The molecule has 98 valence electrons. The topological polar surface area (TPSA) is 75.3 Å². The first-order valence-corrected chi connectivity index (χ1v) is 6.44. The Kier molecular flexibility index (Phi) is 3.45. The fourth-order valence-electron chi connectivity index (χ4n) is 2.41. The lowest BCUT2D eigenvalue weighted by atomic mass is 10.0. The zero-order valence-corrected chi connectivity index (χ0v) is 10.7. The van der Waals surface area contributed by atoms with Crippen LogP contribution in [-0.4, -0.2) is 17.6 Å². The minimum absolute atomic E-state index is 0.167. The third kappa shape index (κ3) is 2.58. The van der Waals surface area contributed by atoms with Crippen LogP contribution >= 0.6 is 0 Å². The van der Waals surface area contributed by atoms with Crippen molar-refractivity contribution < 1.29 is 9.90 Å². The Hall–Kier alpha value is -1.71. The molecule has 0 bridgehead atoms. The second kappa shape index (κ2) is 4.88. The Balaban J connectivity index is 2.06. The number of rotatable bonds is 6.